The summed E-state index contributed by atoms with van der Waals surface area (Å²) in [4.78, 5) is 4.12. The van der Waals surface area contributed by atoms with Crippen LogP contribution in [0.3, 0.4) is 0 Å². The summed E-state index contributed by atoms with van der Waals surface area (Å²) < 4.78 is 4.98. The summed E-state index contributed by atoms with van der Waals surface area (Å²) in [7, 11) is 0. The van der Waals surface area contributed by atoms with Gasteiger partial charge in [-0.25, -0.2) is 0 Å². The molecular formula is C8H14N2O. The molecule has 0 saturated heterocycles. The van der Waals surface area contributed by atoms with Gasteiger partial charge in [0, 0.05) is 6.42 Å². The van der Waals surface area contributed by atoms with Gasteiger partial charge in [0.2, 0.25) is 5.89 Å². The number of aryl methyl sites for hydroxylation is 1. The van der Waals surface area contributed by atoms with Crippen LogP contribution in [0, 0.1) is 12.3 Å². The molecule has 0 aliphatic carbocycles. The average molecular weight is 154 g/mol. The van der Waals surface area contributed by atoms with Gasteiger partial charge in [-0.2, -0.15) is 4.98 Å². The first-order valence-corrected chi connectivity index (χ1v) is 3.76. The molecular weight excluding hydrogens is 140 g/mol. The van der Waals surface area contributed by atoms with Gasteiger partial charge < -0.3 is 4.52 Å². The van der Waals surface area contributed by atoms with E-state index in [9.17, 15) is 0 Å². The number of hydrogen-bond donors (Lipinski definition) is 0. The van der Waals surface area contributed by atoms with Crippen LogP contribution in [0.25, 0.3) is 0 Å². The molecule has 3 nitrogen and oxygen atoms in total. The molecule has 0 unspecified atom stereocenters. The monoisotopic (exact) mass is 154 g/mol. The first-order valence-electron chi connectivity index (χ1n) is 3.76. The van der Waals surface area contributed by atoms with E-state index in [2.05, 4.69) is 30.9 Å². The van der Waals surface area contributed by atoms with E-state index in [1.165, 1.54) is 0 Å². The Morgan fingerprint density at radius 2 is 2.00 bits per heavy atom. The number of aromatic nitrogens is 2. The molecule has 11 heavy (non-hydrogen) atoms. The van der Waals surface area contributed by atoms with Crippen molar-refractivity contribution >= 4 is 0 Å². The van der Waals surface area contributed by atoms with Crippen molar-refractivity contribution in [3.8, 4) is 0 Å². The minimum Gasteiger partial charge on any atom is -0.339 e. The average Bonchev–Trinajstić information content (AvgIpc) is 2.10. The Balaban J connectivity index is 2.65. The zero-order valence-corrected chi connectivity index (χ0v) is 7.51. The number of nitrogens with zero attached hydrogens (tertiary/aromatic N) is 2. The topological polar surface area (TPSA) is 38.9 Å². The van der Waals surface area contributed by atoms with Gasteiger partial charge in [0.05, 0.1) is 0 Å². The quantitative estimate of drug-likeness (QED) is 0.620. The van der Waals surface area contributed by atoms with E-state index in [0.29, 0.717) is 5.82 Å². The second kappa shape index (κ2) is 2.64. The van der Waals surface area contributed by atoms with Crippen LogP contribution in [0.2, 0.25) is 0 Å². The SMILES string of the molecule is Cc1noc(CC(C)(C)C)n1. The van der Waals surface area contributed by atoms with Crippen LogP contribution < -0.4 is 0 Å². The maximum absolute atomic E-state index is 4.98. The molecule has 1 heterocycles. The highest BCUT2D eigenvalue weighted by Crippen LogP contribution is 2.18. The number of hydrogen-bond acceptors (Lipinski definition) is 3. The summed E-state index contributed by atoms with van der Waals surface area (Å²) in [5.41, 5.74) is 0.221. The number of rotatable bonds is 1. The molecule has 0 N–H and O–H groups in total. The first-order chi connectivity index (χ1) is 4.97. The molecule has 1 rings (SSSR count). The van der Waals surface area contributed by atoms with E-state index in [1.807, 2.05) is 6.92 Å². The van der Waals surface area contributed by atoms with E-state index in [0.717, 1.165) is 12.3 Å². The molecule has 0 aromatic carbocycles. The second-order valence-electron chi connectivity index (χ2n) is 3.97. The van der Waals surface area contributed by atoms with Crippen LogP contribution in [0.5, 0.6) is 0 Å². The van der Waals surface area contributed by atoms with Crippen molar-refractivity contribution in [3.63, 3.8) is 0 Å². The summed E-state index contributed by atoms with van der Waals surface area (Å²) in [5, 5.41) is 3.71. The normalized spacial score (nSPS) is 12.0. The molecule has 0 radical (unpaired) electrons. The van der Waals surface area contributed by atoms with E-state index in [1.54, 1.807) is 0 Å². The molecule has 1 aromatic heterocycles. The van der Waals surface area contributed by atoms with Crippen molar-refractivity contribution in [2.45, 2.75) is 34.1 Å². The molecule has 0 atom stereocenters. The summed E-state index contributed by atoms with van der Waals surface area (Å²) in [6.07, 6.45) is 0.841. The lowest BCUT2D eigenvalue weighted by Crippen LogP contribution is -2.09. The largest absolute Gasteiger partial charge is 0.339 e. The predicted molar refractivity (Wildman–Crippen MR) is 42.2 cm³/mol. The maximum Gasteiger partial charge on any atom is 0.227 e. The van der Waals surface area contributed by atoms with Crippen molar-refractivity contribution in [1.82, 2.24) is 10.1 Å². The van der Waals surface area contributed by atoms with E-state index in [4.69, 9.17) is 4.52 Å². The second-order valence-corrected chi connectivity index (χ2v) is 3.97. The van der Waals surface area contributed by atoms with Crippen molar-refractivity contribution in [2.24, 2.45) is 5.41 Å². The Labute approximate surface area is 66.8 Å². The highest BCUT2D eigenvalue weighted by Gasteiger charge is 2.15. The third kappa shape index (κ3) is 2.70. The van der Waals surface area contributed by atoms with E-state index >= 15 is 0 Å². The van der Waals surface area contributed by atoms with Crippen molar-refractivity contribution in [3.05, 3.63) is 11.7 Å². The smallest absolute Gasteiger partial charge is 0.227 e. The van der Waals surface area contributed by atoms with Gasteiger partial charge >= 0.3 is 0 Å². The van der Waals surface area contributed by atoms with Gasteiger partial charge in [0.25, 0.3) is 0 Å². The zero-order chi connectivity index (χ0) is 8.48. The lowest BCUT2D eigenvalue weighted by Gasteiger charge is -2.13. The highest BCUT2D eigenvalue weighted by molar-refractivity contribution is 4.86. The van der Waals surface area contributed by atoms with Crippen molar-refractivity contribution in [2.75, 3.05) is 0 Å². The van der Waals surface area contributed by atoms with Crippen LogP contribution in [0.4, 0.5) is 0 Å². The van der Waals surface area contributed by atoms with Gasteiger partial charge in [0.1, 0.15) is 0 Å². The highest BCUT2D eigenvalue weighted by atomic mass is 16.5. The third-order valence-electron chi connectivity index (χ3n) is 1.25. The maximum atomic E-state index is 4.98. The van der Waals surface area contributed by atoms with Crippen LogP contribution >= 0.6 is 0 Å². The lowest BCUT2D eigenvalue weighted by molar-refractivity contribution is 0.312. The summed E-state index contributed by atoms with van der Waals surface area (Å²) in [6, 6.07) is 0. The Morgan fingerprint density at radius 3 is 2.36 bits per heavy atom. The molecule has 0 spiro atoms. The minimum absolute atomic E-state index is 0.221. The predicted octanol–water partition coefficient (Wildman–Crippen LogP) is 1.97. The molecule has 0 aliphatic rings. The Bertz CT molecular complexity index is 234. The molecule has 0 aliphatic heterocycles. The summed E-state index contributed by atoms with van der Waals surface area (Å²) in [5.74, 6) is 1.44. The van der Waals surface area contributed by atoms with Gasteiger partial charge in [-0.15, -0.1) is 0 Å². The van der Waals surface area contributed by atoms with Gasteiger partial charge in [-0.3, -0.25) is 0 Å². The molecule has 0 saturated carbocycles. The Kier molecular flexibility index (Phi) is 1.98. The summed E-state index contributed by atoms with van der Waals surface area (Å²) in [6.45, 7) is 8.27. The van der Waals surface area contributed by atoms with Crippen LogP contribution in [0.1, 0.15) is 32.5 Å². The standard InChI is InChI=1S/C8H14N2O/c1-6-9-7(11-10-6)5-8(2,3)4/h5H2,1-4H3. The fourth-order valence-electron chi connectivity index (χ4n) is 0.866. The van der Waals surface area contributed by atoms with Gasteiger partial charge in [-0.1, -0.05) is 25.9 Å². The molecule has 1 aromatic rings. The van der Waals surface area contributed by atoms with Crippen molar-refractivity contribution < 1.29 is 4.52 Å². The molecule has 0 amide bonds. The molecule has 0 fully saturated rings. The Hall–Kier alpha value is -0.860. The van der Waals surface area contributed by atoms with Crippen LogP contribution in [-0.2, 0) is 6.42 Å². The lowest BCUT2D eigenvalue weighted by atomic mass is 9.92. The van der Waals surface area contributed by atoms with Crippen LogP contribution in [-0.4, -0.2) is 10.1 Å². The van der Waals surface area contributed by atoms with Gasteiger partial charge in [-0.05, 0) is 12.3 Å². The molecule has 3 heteroatoms. The fourth-order valence-corrected chi connectivity index (χ4v) is 0.866. The minimum atomic E-state index is 0.221. The fraction of sp³-hybridized carbons (Fsp3) is 0.750. The van der Waals surface area contributed by atoms with Gasteiger partial charge in [0.15, 0.2) is 5.82 Å². The Morgan fingerprint density at radius 1 is 1.36 bits per heavy atom. The first kappa shape index (κ1) is 8.24. The third-order valence-corrected chi connectivity index (χ3v) is 1.25. The van der Waals surface area contributed by atoms with E-state index < -0.39 is 0 Å². The molecule has 0 bridgehead atoms. The summed E-state index contributed by atoms with van der Waals surface area (Å²) >= 11 is 0. The van der Waals surface area contributed by atoms with Crippen molar-refractivity contribution in [1.29, 1.82) is 0 Å². The van der Waals surface area contributed by atoms with Crippen LogP contribution in [0.15, 0.2) is 4.52 Å². The van der Waals surface area contributed by atoms with E-state index in [-0.39, 0.29) is 5.41 Å². The molecule has 62 valence electrons. The zero-order valence-electron chi connectivity index (χ0n) is 7.51.